The van der Waals surface area contributed by atoms with Crippen molar-refractivity contribution in [1.82, 2.24) is 4.98 Å². The Morgan fingerprint density at radius 1 is 1.14 bits per heavy atom. The maximum atomic E-state index is 9.07. The molecular formula is C17H14N2O2. The maximum Gasteiger partial charge on any atom is 0.163 e. The lowest BCUT2D eigenvalue weighted by molar-refractivity contribution is 0.285. The third kappa shape index (κ3) is 2.54. The maximum absolute atomic E-state index is 9.07. The Kier molecular flexibility index (Phi) is 3.48. The van der Waals surface area contributed by atoms with Crippen LogP contribution in [0.4, 0.5) is 0 Å². The zero-order chi connectivity index (χ0) is 14.7. The van der Waals surface area contributed by atoms with E-state index in [0.717, 1.165) is 16.5 Å². The Bertz CT molecular complexity index is 801. The lowest BCUT2D eigenvalue weighted by Crippen LogP contribution is -1.97. The van der Waals surface area contributed by atoms with E-state index in [4.69, 9.17) is 14.7 Å². The van der Waals surface area contributed by atoms with E-state index in [1.54, 1.807) is 13.3 Å². The second kappa shape index (κ2) is 5.59. The molecule has 1 N–H and O–H groups in total. The van der Waals surface area contributed by atoms with Crippen LogP contribution in [0.15, 0.2) is 48.7 Å². The summed E-state index contributed by atoms with van der Waals surface area (Å²) in [5, 5.41) is 9.90. The number of fused-ring (bicyclic) bond motifs is 1. The van der Waals surface area contributed by atoms with Gasteiger partial charge in [-0.25, -0.2) is 0 Å². The van der Waals surface area contributed by atoms with Crippen molar-refractivity contribution in [2.75, 3.05) is 7.11 Å². The Labute approximate surface area is 122 Å². The number of ether oxygens (including phenoxy) is 2. The van der Waals surface area contributed by atoms with Gasteiger partial charge in [0.25, 0.3) is 0 Å². The second-order valence-corrected chi connectivity index (χ2v) is 4.64. The molecule has 0 saturated heterocycles. The number of aromatic amines is 1. The van der Waals surface area contributed by atoms with Crippen LogP contribution in [0.25, 0.3) is 10.9 Å². The normalized spacial score (nSPS) is 10.3. The van der Waals surface area contributed by atoms with Crippen LogP contribution in [0.2, 0.25) is 0 Å². The van der Waals surface area contributed by atoms with Gasteiger partial charge >= 0.3 is 0 Å². The molecule has 21 heavy (non-hydrogen) atoms. The van der Waals surface area contributed by atoms with Crippen molar-refractivity contribution in [3.63, 3.8) is 0 Å². The summed E-state index contributed by atoms with van der Waals surface area (Å²) in [5.41, 5.74) is 2.54. The van der Waals surface area contributed by atoms with Gasteiger partial charge in [-0.05, 0) is 11.6 Å². The summed E-state index contributed by atoms with van der Waals surface area (Å²) < 4.78 is 11.2. The van der Waals surface area contributed by atoms with Crippen LogP contribution in [0.3, 0.4) is 0 Å². The summed E-state index contributed by atoms with van der Waals surface area (Å²) in [6, 6.07) is 15.8. The van der Waals surface area contributed by atoms with Crippen molar-refractivity contribution >= 4 is 10.9 Å². The number of H-pyrrole nitrogens is 1. The zero-order valence-electron chi connectivity index (χ0n) is 11.6. The lowest BCUT2D eigenvalue weighted by Gasteiger charge is -2.11. The molecule has 1 heterocycles. The van der Waals surface area contributed by atoms with Gasteiger partial charge in [-0.15, -0.1) is 0 Å². The van der Waals surface area contributed by atoms with Crippen LogP contribution in [-0.2, 0) is 6.61 Å². The first-order valence-corrected chi connectivity index (χ1v) is 6.58. The molecule has 3 aromatic rings. The first-order valence-electron chi connectivity index (χ1n) is 6.58. The summed E-state index contributed by atoms with van der Waals surface area (Å²) in [7, 11) is 1.59. The number of benzene rings is 2. The summed E-state index contributed by atoms with van der Waals surface area (Å²) in [4.78, 5) is 3.07. The van der Waals surface area contributed by atoms with Gasteiger partial charge in [-0.2, -0.15) is 5.26 Å². The van der Waals surface area contributed by atoms with Crippen LogP contribution in [0, 0.1) is 11.3 Å². The minimum atomic E-state index is 0.467. The monoisotopic (exact) mass is 278 g/mol. The van der Waals surface area contributed by atoms with Gasteiger partial charge in [0.2, 0.25) is 0 Å². The smallest absolute Gasteiger partial charge is 0.163 e. The number of aromatic nitrogens is 1. The number of nitrogens with zero attached hydrogens (tertiary/aromatic N) is 1. The molecule has 0 fully saturated rings. The molecule has 0 spiro atoms. The molecule has 0 amide bonds. The molecule has 104 valence electrons. The van der Waals surface area contributed by atoms with Gasteiger partial charge in [0, 0.05) is 17.6 Å². The molecule has 4 nitrogen and oxygen atoms in total. The first-order chi connectivity index (χ1) is 10.3. The van der Waals surface area contributed by atoms with Gasteiger partial charge in [-0.3, -0.25) is 0 Å². The van der Waals surface area contributed by atoms with Crippen molar-refractivity contribution in [1.29, 1.82) is 5.26 Å². The Morgan fingerprint density at radius 3 is 2.67 bits per heavy atom. The van der Waals surface area contributed by atoms with E-state index in [-0.39, 0.29) is 0 Å². The van der Waals surface area contributed by atoms with Gasteiger partial charge in [0.1, 0.15) is 12.7 Å². The van der Waals surface area contributed by atoms with Gasteiger partial charge < -0.3 is 14.5 Å². The summed E-state index contributed by atoms with van der Waals surface area (Å²) in [5.74, 6) is 1.27. The SMILES string of the molecule is COc1cc2c(C#N)c[nH]c2cc1OCc1ccccc1. The van der Waals surface area contributed by atoms with Crippen molar-refractivity contribution in [3.8, 4) is 17.6 Å². The van der Waals surface area contributed by atoms with Crippen molar-refractivity contribution in [3.05, 3.63) is 59.8 Å². The Hall–Kier alpha value is -2.93. The third-order valence-electron chi connectivity index (χ3n) is 3.32. The number of methoxy groups -OCH3 is 1. The van der Waals surface area contributed by atoms with E-state index in [2.05, 4.69) is 11.1 Å². The van der Waals surface area contributed by atoms with Crippen LogP contribution in [-0.4, -0.2) is 12.1 Å². The molecule has 0 aliphatic rings. The molecule has 0 radical (unpaired) electrons. The summed E-state index contributed by atoms with van der Waals surface area (Å²) >= 11 is 0. The fourth-order valence-electron chi connectivity index (χ4n) is 2.23. The minimum Gasteiger partial charge on any atom is -0.493 e. The molecule has 2 aromatic carbocycles. The fourth-order valence-corrected chi connectivity index (χ4v) is 2.23. The number of nitrogens with one attached hydrogen (secondary N) is 1. The van der Waals surface area contributed by atoms with E-state index in [9.17, 15) is 0 Å². The van der Waals surface area contributed by atoms with Crippen molar-refractivity contribution < 1.29 is 9.47 Å². The standard InChI is InChI=1S/C17H14N2O2/c1-20-16-7-14-13(9-18)10-19-15(14)8-17(16)21-11-12-5-3-2-4-6-12/h2-8,10,19H,11H2,1H3. The number of nitriles is 1. The summed E-state index contributed by atoms with van der Waals surface area (Å²) in [6.07, 6.45) is 1.69. The lowest BCUT2D eigenvalue weighted by atomic mass is 10.1. The number of hydrogen-bond acceptors (Lipinski definition) is 3. The predicted octanol–water partition coefficient (Wildman–Crippen LogP) is 3.63. The van der Waals surface area contributed by atoms with Crippen LogP contribution < -0.4 is 9.47 Å². The number of rotatable bonds is 4. The molecule has 0 saturated carbocycles. The van der Waals surface area contributed by atoms with E-state index >= 15 is 0 Å². The highest BCUT2D eigenvalue weighted by molar-refractivity contribution is 5.88. The highest BCUT2D eigenvalue weighted by atomic mass is 16.5. The molecular weight excluding hydrogens is 264 g/mol. The average Bonchev–Trinajstić information content (AvgIpc) is 2.94. The first kappa shape index (κ1) is 13.1. The van der Waals surface area contributed by atoms with Gasteiger partial charge in [0.05, 0.1) is 18.2 Å². The molecule has 1 aromatic heterocycles. The van der Waals surface area contributed by atoms with Crippen molar-refractivity contribution in [2.45, 2.75) is 6.61 Å². The molecule has 0 atom stereocenters. The minimum absolute atomic E-state index is 0.467. The highest BCUT2D eigenvalue weighted by Gasteiger charge is 2.11. The molecule has 0 aliphatic carbocycles. The second-order valence-electron chi connectivity index (χ2n) is 4.64. The van der Waals surface area contributed by atoms with Gasteiger partial charge in [0.15, 0.2) is 11.5 Å². The van der Waals surface area contributed by atoms with Crippen molar-refractivity contribution in [2.24, 2.45) is 0 Å². The average molecular weight is 278 g/mol. The Balaban J connectivity index is 1.92. The third-order valence-corrected chi connectivity index (χ3v) is 3.32. The number of hydrogen-bond donors (Lipinski definition) is 1. The molecule has 0 bridgehead atoms. The topological polar surface area (TPSA) is 58.0 Å². The fraction of sp³-hybridized carbons (Fsp3) is 0.118. The highest BCUT2D eigenvalue weighted by Crippen LogP contribution is 2.33. The molecule has 0 unspecified atom stereocenters. The van der Waals surface area contributed by atoms with Gasteiger partial charge in [-0.1, -0.05) is 30.3 Å². The van der Waals surface area contributed by atoms with E-state index in [1.807, 2.05) is 42.5 Å². The van der Waals surface area contributed by atoms with E-state index < -0.39 is 0 Å². The molecule has 0 aliphatic heterocycles. The van der Waals surface area contributed by atoms with E-state index in [1.165, 1.54) is 0 Å². The van der Waals surface area contributed by atoms with Crippen LogP contribution >= 0.6 is 0 Å². The largest absolute Gasteiger partial charge is 0.493 e. The Morgan fingerprint density at radius 2 is 1.95 bits per heavy atom. The quantitative estimate of drug-likeness (QED) is 0.792. The van der Waals surface area contributed by atoms with Crippen LogP contribution in [0.1, 0.15) is 11.1 Å². The van der Waals surface area contributed by atoms with Crippen LogP contribution in [0.5, 0.6) is 11.5 Å². The predicted molar refractivity (Wildman–Crippen MR) is 80.3 cm³/mol. The van der Waals surface area contributed by atoms with E-state index in [0.29, 0.717) is 23.7 Å². The summed E-state index contributed by atoms with van der Waals surface area (Å²) in [6.45, 7) is 0.467. The zero-order valence-corrected chi connectivity index (χ0v) is 11.6. The molecule has 4 heteroatoms. The molecule has 3 rings (SSSR count).